The van der Waals surface area contributed by atoms with Crippen LogP contribution in [0.2, 0.25) is 0 Å². The Bertz CT molecular complexity index is 855. The van der Waals surface area contributed by atoms with E-state index in [2.05, 4.69) is 85.8 Å². The smallest absolute Gasteiger partial charge is 0.0632 e. The molecule has 2 heteroatoms. The summed E-state index contributed by atoms with van der Waals surface area (Å²) in [7, 11) is 0. The minimum absolute atomic E-state index is 0.998. The van der Waals surface area contributed by atoms with Crippen LogP contribution < -0.4 is 0 Å². The van der Waals surface area contributed by atoms with E-state index in [0.717, 1.165) is 11.3 Å². The van der Waals surface area contributed by atoms with Gasteiger partial charge in [0.15, 0.2) is 0 Å². The van der Waals surface area contributed by atoms with Crippen LogP contribution in [-0.4, -0.2) is 10.8 Å². The summed E-state index contributed by atoms with van der Waals surface area (Å²) in [6, 6.07) is 18.9. The normalized spacial score (nSPS) is 11.3. The molecule has 1 heterocycles. The van der Waals surface area contributed by atoms with Gasteiger partial charge in [-0.2, -0.15) is 0 Å². The van der Waals surface area contributed by atoms with Crippen LogP contribution in [0.15, 0.2) is 59.6 Å². The first-order valence-corrected chi connectivity index (χ1v) is 7.92. The number of nitrogens with zero attached hydrogens (tertiary/aromatic N) is 2. The molecule has 0 atom stereocenters. The van der Waals surface area contributed by atoms with Crippen LogP contribution in [-0.2, 0) is 0 Å². The van der Waals surface area contributed by atoms with Gasteiger partial charge < -0.3 is 4.57 Å². The molecule has 0 saturated carbocycles. The molecule has 3 rings (SSSR count). The van der Waals surface area contributed by atoms with Crippen molar-refractivity contribution in [3.05, 3.63) is 82.7 Å². The van der Waals surface area contributed by atoms with Crippen molar-refractivity contribution >= 4 is 11.9 Å². The predicted molar refractivity (Wildman–Crippen MR) is 98.4 cm³/mol. The largest absolute Gasteiger partial charge is 0.318 e. The molecule has 0 bridgehead atoms. The monoisotopic (exact) mass is 302 g/mol. The van der Waals surface area contributed by atoms with Crippen LogP contribution in [0.4, 0.5) is 5.69 Å². The van der Waals surface area contributed by atoms with Gasteiger partial charge >= 0.3 is 0 Å². The van der Waals surface area contributed by atoms with Crippen molar-refractivity contribution in [1.29, 1.82) is 0 Å². The van der Waals surface area contributed by atoms with Gasteiger partial charge in [0.2, 0.25) is 0 Å². The lowest BCUT2D eigenvalue weighted by molar-refractivity contribution is 0.965. The Labute approximate surface area is 138 Å². The van der Waals surface area contributed by atoms with Gasteiger partial charge in [-0.05, 0) is 69.2 Å². The second kappa shape index (κ2) is 6.25. The second-order valence-corrected chi connectivity index (χ2v) is 6.02. The highest BCUT2D eigenvalue weighted by Crippen LogP contribution is 2.21. The number of aliphatic imine (C=N–C) groups is 1. The summed E-state index contributed by atoms with van der Waals surface area (Å²) in [5.74, 6) is 0. The van der Waals surface area contributed by atoms with Crippen molar-refractivity contribution in [2.24, 2.45) is 4.99 Å². The maximum Gasteiger partial charge on any atom is 0.0632 e. The Kier molecular flexibility index (Phi) is 4.16. The molecular weight excluding hydrogens is 280 g/mol. The fraction of sp³-hybridized carbons (Fsp3) is 0.190. The highest BCUT2D eigenvalue weighted by molar-refractivity contribution is 5.84. The number of aryl methyl sites for hydroxylation is 3. The van der Waals surface area contributed by atoms with E-state index < -0.39 is 0 Å². The highest BCUT2D eigenvalue weighted by atomic mass is 15.0. The molecule has 0 radical (unpaired) electrons. The lowest BCUT2D eigenvalue weighted by Gasteiger charge is -2.09. The minimum atomic E-state index is 0.998. The summed E-state index contributed by atoms with van der Waals surface area (Å²) in [6.45, 7) is 8.51. The molecule has 23 heavy (non-hydrogen) atoms. The number of benzene rings is 2. The second-order valence-electron chi connectivity index (χ2n) is 6.02. The van der Waals surface area contributed by atoms with Gasteiger partial charge in [0.25, 0.3) is 0 Å². The molecule has 2 nitrogen and oxygen atoms in total. The Morgan fingerprint density at radius 2 is 1.57 bits per heavy atom. The third-order valence-electron chi connectivity index (χ3n) is 4.33. The summed E-state index contributed by atoms with van der Waals surface area (Å²) >= 11 is 0. The summed E-state index contributed by atoms with van der Waals surface area (Å²) in [6.07, 6.45) is 1.96. The molecular formula is C21H22N2. The summed E-state index contributed by atoms with van der Waals surface area (Å²) in [5.41, 5.74) is 8.34. The zero-order chi connectivity index (χ0) is 16.4. The number of hydrogen-bond acceptors (Lipinski definition) is 1. The minimum Gasteiger partial charge on any atom is -0.318 e. The fourth-order valence-corrected chi connectivity index (χ4v) is 2.84. The van der Waals surface area contributed by atoms with Crippen molar-refractivity contribution in [3.63, 3.8) is 0 Å². The summed E-state index contributed by atoms with van der Waals surface area (Å²) < 4.78 is 2.27. The molecule has 2 aromatic carbocycles. The van der Waals surface area contributed by atoms with Crippen LogP contribution in [0.1, 0.15) is 28.1 Å². The van der Waals surface area contributed by atoms with E-state index in [4.69, 9.17) is 0 Å². The maximum atomic E-state index is 4.65. The molecule has 0 amide bonds. The van der Waals surface area contributed by atoms with E-state index in [1.807, 2.05) is 12.3 Å². The number of aromatic nitrogens is 1. The molecule has 0 saturated heterocycles. The Balaban J connectivity index is 1.95. The van der Waals surface area contributed by atoms with Gasteiger partial charge in [0, 0.05) is 28.9 Å². The fourth-order valence-electron chi connectivity index (χ4n) is 2.84. The zero-order valence-electron chi connectivity index (χ0n) is 14.2. The first kappa shape index (κ1) is 15.3. The highest BCUT2D eigenvalue weighted by Gasteiger charge is 2.08. The molecule has 0 unspecified atom stereocenters. The maximum absolute atomic E-state index is 4.65. The molecule has 0 N–H and O–H groups in total. The quantitative estimate of drug-likeness (QED) is 0.571. The molecule has 116 valence electrons. The standard InChI is InChI=1S/C21H22N2/c1-15-10-11-20(12-16(15)2)22-14-19-13-17(3)23(18(19)4)21-8-6-5-7-9-21/h5-14H,1-4H3. The van der Waals surface area contributed by atoms with E-state index in [1.54, 1.807) is 0 Å². The van der Waals surface area contributed by atoms with Gasteiger partial charge in [-0.25, -0.2) is 0 Å². The molecule has 0 aliphatic rings. The van der Waals surface area contributed by atoms with E-state index in [9.17, 15) is 0 Å². The van der Waals surface area contributed by atoms with Crippen molar-refractivity contribution in [3.8, 4) is 5.69 Å². The van der Waals surface area contributed by atoms with Crippen LogP contribution in [0.25, 0.3) is 5.69 Å². The number of para-hydroxylation sites is 1. The molecule has 0 spiro atoms. The molecule has 0 aliphatic heterocycles. The lowest BCUT2D eigenvalue weighted by Crippen LogP contribution is -1.98. The summed E-state index contributed by atoms with van der Waals surface area (Å²) in [5, 5.41) is 0. The van der Waals surface area contributed by atoms with Crippen molar-refractivity contribution in [2.75, 3.05) is 0 Å². The number of hydrogen-bond donors (Lipinski definition) is 0. The first-order chi connectivity index (χ1) is 11.1. The van der Waals surface area contributed by atoms with Crippen molar-refractivity contribution in [2.45, 2.75) is 27.7 Å². The third kappa shape index (κ3) is 3.11. The van der Waals surface area contributed by atoms with Gasteiger partial charge in [-0.3, -0.25) is 4.99 Å². The van der Waals surface area contributed by atoms with Crippen LogP contribution in [0.3, 0.4) is 0 Å². The Morgan fingerprint density at radius 3 is 2.26 bits per heavy atom. The topological polar surface area (TPSA) is 17.3 Å². The van der Waals surface area contributed by atoms with Crippen LogP contribution in [0, 0.1) is 27.7 Å². The van der Waals surface area contributed by atoms with E-state index in [1.165, 1.54) is 28.2 Å². The lowest BCUT2D eigenvalue weighted by atomic mass is 10.1. The van der Waals surface area contributed by atoms with E-state index in [0.29, 0.717) is 0 Å². The van der Waals surface area contributed by atoms with E-state index >= 15 is 0 Å². The SMILES string of the molecule is Cc1ccc(N=Cc2cc(C)n(-c3ccccc3)c2C)cc1C. The average Bonchev–Trinajstić information content (AvgIpc) is 2.83. The van der Waals surface area contributed by atoms with Gasteiger partial charge in [0.1, 0.15) is 0 Å². The molecule has 0 fully saturated rings. The Hall–Kier alpha value is -2.61. The molecule has 3 aromatic rings. The van der Waals surface area contributed by atoms with E-state index in [-0.39, 0.29) is 0 Å². The van der Waals surface area contributed by atoms with Crippen LogP contribution in [0.5, 0.6) is 0 Å². The number of rotatable bonds is 3. The van der Waals surface area contributed by atoms with Gasteiger partial charge in [-0.15, -0.1) is 0 Å². The summed E-state index contributed by atoms with van der Waals surface area (Å²) in [4.78, 5) is 4.65. The zero-order valence-corrected chi connectivity index (χ0v) is 14.2. The van der Waals surface area contributed by atoms with Crippen molar-refractivity contribution in [1.82, 2.24) is 4.57 Å². The average molecular weight is 302 g/mol. The predicted octanol–water partition coefficient (Wildman–Crippen LogP) is 5.46. The molecule has 0 aliphatic carbocycles. The van der Waals surface area contributed by atoms with Crippen LogP contribution >= 0.6 is 0 Å². The Morgan fingerprint density at radius 1 is 0.826 bits per heavy atom. The van der Waals surface area contributed by atoms with Crippen molar-refractivity contribution < 1.29 is 0 Å². The van der Waals surface area contributed by atoms with Gasteiger partial charge in [-0.1, -0.05) is 24.3 Å². The third-order valence-corrected chi connectivity index (χ3v) is 4.33. The van der Waals surface area contributed by atoms with Gasteiger partial charge in [0.05, 0.1) is 5.69 Å². The molecule has 1 aromatic heterocycles. The first-order valence-electron chi connectivity index (χ1n) is 7.92.